The molecule has 8 heteroatoms. The largest absolute Gasteiger partial charge is 0.352 e. The fourth-order valence-corrected chi connectivity index (χ4v) is 5.52. The summed E-state index contributed by atoms with van der Waals surface area (Å²) in [7, 11) is 0. The molecule has 3 aromatic heterocycles. The number of aryl methyl sites for hydroxylation is 2. The third-order valence-electron chi connectivity index (χ3n) is 5.79. The van der Waals surface area contributed by atoms with E-state index < -0.39 is 0 Å². The highest BCUT2D eigenvalue weighted by Crippen LogP contribution is 2.38. The fraction of sp³-hybridized carbons (Fsp3) is 0.364. The first-order chi connectivity index (χ1) is 14.5. The molecule has 0 spiro atoms. The second-order valence-electron chi connectivity index (χ2n) is 8.01. The van der Waals surface area contributed by atoms with E-state index in [0.717, 1.165) is 47.2 Å². The normalized spacial score (nSPS) is 16.1. The summed E-state index contributed by atoms with van der Waals surface area (Å²) in [5.74, 6) is 0.385. The van der Waals surface area contributed by atoms with E-state index >= 15 is 0 Å². The van der Waals surface area contributed by atoms with Crippen LogP contribution in [0.4, 0.5) is 5.69 Å². The summed E-state index contributed by atoms with van der Waals surface area (Å²) in [6.45, 7) is 4.20. The maximum atomic E-state index is 12.8. The summed E-state index contributed by atoms with van der Waals surface area (Å²) in [6.07, 6.45) is 5.57. The van der Waals surface area contributed by atoms with E-state index in [4.69, 9.17) is 0 Å². The number of thiophene rings is 1. The molecule has 154 valence electrons. The predicted octanol–water partition coefficient (Wildman–Crippen LogP) is 3.43. The van der Waals surface area contributed by atoms with Gasteiger partial charge in [-0.1, -0.05) is 26.0 Å². The SMILES string of the molecule is CCc1cccc(NC(=O)Cn2nc3c4c5c(sc4ncn3c2=O)C[C@@H](C)CC5)c1. The first-order valence-corrected chi connectivity index (χ1v) is 11.1. The monoisotopic (exact) mass is 421 g/mol. The summed E-state index contributed by atoms with van der Waals surface area (Å²) < 4.78 is 2.68. The van der Waals surface area contributed by atoms with Crippen molar-refractivity contribution in [3.63, 3.8) is 0 Å². The molecule has 0 aliphatic heterocycles. The Morgan fingerprint density at radius 2 is 2.23 bits per heavy atom. The molecule has 0 unspecified atom stereocenters. The van der Waals surface area contributed by atoms with Crippen molar-refractivity contribution in [2.24, 2.45) is 5.92 Å². The molecule has 5 rings (SSSR count). The van der Waals surface area contributed by atoms with Gasteiger partial charge in [0.2, 0.25) is 5.91 Å². The molecule has 0 fully saturated rings. The van der Waals surface area contributed by atoms with Gasteiger partial charge in [-0.2, -0.15) is 0 Å². The highest BCUT2D eigenvalue weighted by atomic mass is 32.1. The Morgan fingerprint density at radius 1 is 1.37 bits per heavy atom. The summed E-state index contributed by atoms with van der Waals surface area (Å²) in [5, 5.41) is 8.36. The molecule has 1 atom stereocenters. The number of hydrogen-bond acceptors (Lipinski definition) is 5. The van der Waals surface area contributed by atoms with Gasteiger partial charge in [0.25, 0.3) is 0 Å². The number of amides is 1. The number of carbonyl (C=O) groups excluding carboxylic acids is 1. The molecule has 1 aromatic carbocycles. The van der Waals surface area contributed by atoms with Crippen LogP contribution in [-0.4, -0.2) is 25.1 Å². The predicted molar refractivity (Wildman–Crippen MR) is 118 cm³/mol. The van der Waals surface area contributed by atoms with Crippen molar-refractivity contribution in [2.75, 3.05) is 5.32 Å². The topological polar surface area (TPSA) is 81.3 Å². The van der Waals surface area contributed by atoms with Crippen LogP contribution in [0.5, 0.6) is 0 Å². The number of fused-ring (bicyclic) bond motifs is 5. The number of nitrogens with zero attached hydrogens (tertiary/aromatic N) is 4. The van der Waals surface area contributed by atoms with Gasteiger partial charge in [0.15, 0.2) is 5.65 Å². The zero-order valence-corrected chi connectivity index (χ0v) is 17.8. The fourth-order valence-electron chi connectivity index (χ4n) is 4.17. The van der Waals surface area contributed by atoms with E-state index in [9.17, 15) is 9.59 Å². The van der Waals surface area contributed by atoms with Crippen molar-refractivity contribution in [3.8, 4) is 0 Å². The zero-order chi connectivity index (χ0) is 20.8. The molecule has 1 N–H and O–H groups in total. The molecule has 0 radical (unpaired) electrons. The Balaban J connectivity index is 1.49. The maximum absolute atomic E-state index is 12.8. The van der Waals surface area contributed by atoms with Crippen molar-refractivity contribution in [2.45, 2.75) is 46.1 Å². The van der Waals surface area contributed by atoms with Crippen LogP contribution in [-0.2, 0) is 30.6 Å². The van der Waals surface area contributed by atoms with E-state index in [2.05, 4.69) is 29.2 Å². The number of benzene rings is 1. The van der Waals surface area contributed by atoms with E-state index in [1.54, 1.807) is 11.3 Å². The minimum absolute atomic E-state index is 0.137. The van der Waals surface area contributed by atoms with E-state index in [0.29, 0.717) is 11.6 Å². The highest BCUT2D eigenvalue weighted by Gasteiger charge is 2.24. The van der Waals surface area contributed by atoms with E-state index in [-0.39, 0.29) is 18.1 Å². The van der Waals surface area contributed by atoms with Gasteiger partial charge in [-0.25, -0.2) is 18.9 Å². The number of aromatic nitrogens is 4. The summed E-state index contributed by atoms with van der Waals surface area (Å²) >= 11 is 1.70. The van der Waals surface area contributed by atoms with Gasteiger partial charge in [-0.3, -0.25) is 4.79 Å². The van der Waals surface area contributed by atoms with Crippen LogP contribution in [0.25, 0.3) is 15.9 Å². The molecule has 1 amide bonds. The summed E-state index contributed by atoms with van der Waals surface area (Å²) in [5.41, 5.74) is 3.38. The number of carbonyl (C=O) groups is 1. The van der Waals surface area contributed by atoms with Gasteiger partial charge in [-0.15, -0.1) is 16.4 Å². The lowest BCUT2D eigenvalue weighted by atomic mass is 9.89. The van der Waals surface area contributed by atoms with Crippen molar-refractivity contribution in [3.05, 3.63) is 57.1 Å². The van der Waals surface area contributed by atoms with Gasteiger partial charge in [0, 0.05) is 10.6 Å². The Hall–Kier alpha value is -3.00. The molecule has 4 aromatic rings. The average Bonchev–Trinajstić information content (AvgIpc) is 3.25. The molecule has 1 aliphatic carbocycles. The van der Waals surface area contributed by atoms with Crippen molar-refractivity contribution >= 4 is 38.8 Å². The van der Waals surface area contributed by atoms with Crippen LogP contribution in [0.3, 0.4) is 0 Å². The summed E-state index contributed by atoms with van der Waals surface area (Å²) in [6, 6.07) is 7.71. The highest BCUT2D eigenvalue weighted by molar-refractivity contribution is 7.19. The first kappa shape index (κ1) is 19.0. The molecule has 0 saturated heterocycles. The third-order valence-corrected chi connectivity index (χ3v) is 6.95. The lowest BCUT2D eigenvalue weighted by molar-refractivity contribution is -0.117. The Morgan fingerprint density at radius 3 is 3.07 bits per heavy atom. The van der Waals surface area contributed by atoms with Crippen molar-refractivity contribution in [1.82, 2.24) is 19.2 Å². The molecule has 3 heterocycles. The van der Waals surface area contributed by atoms with Crippen LogP contribution in [0.1, 0.15) is 36.3 Å². The quantitative estimate of drug-likeness (QED) is 0.547. The molecule has 1 aliphatic rings. The average molecular weight is 422 g/mol. The van der Waals surface area contributed by atoms with Crippen LogP contribution in [0.15, 0.2) is 35.4 Å². The molecular formula is C22H23N5O2S. The Labute approximate surface area is 177 Å². The minimum atomic E-state index is -0.346. The second kappa shape index (κ2) is 7.36. The van der Waals surface area contributed by atoms with Crippen LogP contribution < -0.4 is 11.0 Å². The maximum Gasteiger partial charge on any atom is 0.352 e. The van der Waals surface area contributed by atoms with Gasteiger partial charge in [0.05, 0.1) is 5.39 Å². The van der Waals surface area contributed by atoms with Gasteiger partial charge in [0.1, 0.15) is 17.7 Å². The van der Waals surface area contributed by atoms with E-state index in [1.165, 1.54) is 25.9 Å². The number of anilines is 1. The third kappa shape index (κ3) is 3.21. The second-order valence-corrected chi connectivity index (χ2v) is 9.10. The van der Waals surface area contributed by atoms with E-state index in [1.807, 2.05) is 24.3 Å². The zero-order valence-electron chi connectivity index (χ0n) is 17.0. The van der Waals surface area contributed by atoms with Crippen LogP contribution in [0, 0.1) is 5.92 Å². The number of rotatable bonds is 4. The molecule has 30 heavy (non-hydrogen) atoms. The van der Waals surface area contributed by atoms with Gasteiger partial charge < -0.3 is 5.32 Å². The van der Waals surface area contributed by atoms with Crippen molar-refractivity contribution < 1.29 is 4.79 Å². The molecular weight excluding hydrogens is 398 g/mol. The lowest BCUT2D eigenvalue weighted by Gasteiger charge is -2.17. The van der Waals surface area contributed by atoms with Crippen molar-refractivity contribution in [1.29, 1.82) is 0 Å². The standard InChI is InChI=1S/C22H23N5O2S/c1-3-14-5-4-6-15(10-14)24-18(28)11-27-22(29)26-12-23-21-19(20(26)25-27)16-8-7-13(2)9-17(16)30-21/h4-6,10,12-13H,3,7-9,11H2,1-2H3,(H,24,28)/t13-/m0/s1. The first-order valence-electron chi connectivity index (χ1n) is 10.3. The summed E-state index contributed by atoms with van der Waals surface area (Å²) in [4.78, 5) is 32.2. The van der Waals surface area contributed by atoms with Gasteiger partial charge in [-0.05, 0) is 54.9 Å². The number of nitrogens with one attached hydrogen (secondary N) is 1. The molecule has 0 saturated carbocycles. The Kier molecular flexibility index (Phi) is 4.66. The van der Waals surface area contributed by atoms with Crippen LogP contribution >= 0.6 is 11.3 Å². The minimum Gasteiger partial charge on any atom is -0.324 e. The lowest BCUT2D eigenvalue weighted by Crippen LogP contribution is -2.28. The number of hydrogen-bond donors (Lipinski definition) is 1. The molecule has 7 nitrogen and oxygen atoms in total. The van der Waals surface area contributed by atoms with Gasteiger partial charge >= 0.3 is 5.69 Å². The smallest absolute Gasteiger partial charge is 0.324 e. The Bertz CT molecular complexity index is 1330. The molecule has 0 bridgehead atoms. The van der Waals surface area contributed by atoms with Crippen LogP contribution in [0.2, 0.25) is 0 Å².